The third-order valence-corrected chi connectivity index (χ3v) is 3.69. The largest absolute Gasteiger partial charge is 0.309 e. The fraction of sp³-hybridized carbons (Fsp3) is 0.625. The number of likely N-dealkylation sites (N-methyl/N-ethyl adjacent to an activating group) is 1. The molecule has 0 fully saturated rings. The average Bonchev–Trinajstić information content (AvgIpc) is 2.28. The van der Waals surface area contributed by atoms with Crippen molar-refractivity contribution in [3.8, 4) is 0 Å². The summed E-state index contributed by atoms with van der Waals surface area (Å²) in [6, 6.07) is 7.73. The minimum atomic E-state index is 0.422. The monoisotopic (exact) mass is 248 g/mol. The summed E-state index contributed by atoms with van der Waals surface area (Å²) in [4.78, 5) is 2.36. The lowest BCUT2D eigenvalue weighted by Gasteiger charge is -2.23. The van der Waals surface area contributed by atoms with Gasteiger partial charge >= 0.3 is 0 Å². The van der Waals surface area contributed by atoms with Gasteiger partial charge in [0.25, 0.3) is 0 Å². The highest BCUT2D eigenvalue weighted by atomic mass is 15.1. The topological polar surface area (TPSA) is 15.3 Å². The Morgan fingerprint density at radius 2 is 1.83 bits per heavy atom. The lowest BCUT2D eigenvalue weighted by atomic mass is 10.0. The normalized spacial score (nSPS) is 13.3. The Bertz CT molecular complexity index is 371. The molecule has 2 nitrogen and oxygen atoms in total. The van der Waals surface area contributed by atoms with Crippen LogP contribution in [-0.4, -0.2) is 31.1 Å². The highest BCUT2D eigenvalue weighted by Gasteiger charge is 2.08. The van der Waals surface area contributed by atoms with Crippen molar-refractivity contribution in [2.75, 3.05) is 20.1 Å². The predicted octanol–water partition coefficient (Wildman–Crippen LogP) is 3.29. The first-order chi connectivity index (χ1) is 8.41. The molecule has 0 aliphatic rings. The van der Waals surface area contributed by atoms with Crippen LogP contribution < -0.4 is 5.32 Å². The van der Waals surface area contributed by atoms with E-state index in [4.69, 9.17) is 0 Å². The van der Waals surface area contributed by atoms with Crippen molar-refractivity contribution < 1.29 is 0 Å². The van der Waals surface area contributed by atoms with Gasteiger partial charge in [-0.15, -0.1) is 0 Å². The molecule has 2 heteroatoms. The van der Waals surface area contributed by atoms with Gasteiger partial charge in [-0.2, -0.15) is 0 Å². The summed E-state index contributed by atoms with van der Waals surface area (Å²) in [5, 5.41) is 3.60. The molecule has 1 rings (SSSR count). The van der Waals surface area contributed by atoms with Crippen molar-refractivity contribution in [3.05, 3.63) is 34.9 Å². The van der Waals surface area contributed by atoms with E-state index in [2.05, 4.69) is 70.1 Å². The SMILES string of the molecule is Cc1ccc(C(C)NCCN(C)C(C)C)c(C)c1. The number of nitrogens with zero attached hydrogens (tertiary/aromatic N) is 1. The van der Waals surface area contributed by atoms with Gasteiger partial charge in [0.2, 0.25) is 0 Å². The van der Waals surface area contributed by atoms with E-state index in [-0.39, 0.29) is 0 Å². The fourth-order valence-corrected chi connectivity index (χ4v) is 2.14. The molecule has 0 saturated heterocycles. The second-order valence-corrected chi connectivity index (χ2v) is 5.61. The standard InChI is InChI=1S/C16H28N2/c1-12(2)18(6)10-9-17-15(5)16-8-7-13(3)11-14(16)4/h7-8,11-12,15,17H,9-10H2,1-6H3. The van der Waals surface area contributed by atoms with Crippen LogP contribution in [0.1, 0.15) is 43.5 Å². The Morgan fingerprint density at radius 1 is 1.17 bits per heavy atom. The Hall–Kier alpha value is -0.860. The molecule has 1 unspecified atom stereocenters. The van der Waals surface area contributed by atoms with Crippen LogP contribution in [0.3, 0.4) is 0 Å². The van der Waals surface area contributed by atoms with E-state index in [9.17, 15) is 0 Å². The van der Waals surface area contributed by atoms with E-state index < -0.39 is 0 Å². The van der Waals surface area contributed by atoms with E-state index in [1.54, 1.807) is 0 Å². The highest BCUT2D eigenvalue weighted by Crippen LogP contribution is 2.18. The summed E-state index contributed by atoms with van der Waals surface area (Å²) in [5.41, 5.74) is 4.13. The molecule has 1 N–H and O–H groups in total. The van der Waals surface area contributed by atoms with Crippen LogP contribution in [0.25, 0.3) is 0 Å². The van der Waals surface area contributed by atoms with Gasteiger partial charge in [-0.3, -0.25) is 0 Å². The van der Waals surface area contributed by atoms with E-state index in [1.807, 2.05) is 0 Å². The molecule has 102 valence electrons. The van der Waals surface area contributed by atoms with E-state index in [1.165, 1.54) is 16.7 Å². The molecule has 0 saturated carbocycles. The summed E-state index contributed by atoms with van der Waals surface area (Å²) in [6.45, 7) is 13.2. The molecule has 1 atom stereocenters. The molecule has 0 bridgehead atoms. The van der Waals surface area contributed by atoms with Gasteiger partial charge in [0.15, 0.2) is 0 Å². The summed E-state index contributed by atoms with van der Waals surface area (Å²) in [5.74, 6) is 0. The zero-order valence-corrected chi connectivity index (χ0v) is 12.7. The van der Waals surface area contributed by atoms with Crippen molar-refractivity contribution in [1.82, 2.24) is 10.2 Å². The predicted molar refractivity (Wildman–Crippen MR) is 80.1 cm³/mol. The Morgan fingerprint density at radius 3 is 2.39 bits per heavy atom. The number of nitrogens with one attached hydrogen (secondary N) is 1. The van der Waals surface area contributed by atoms with Crippen LogP contribution in [0.15, 0.2) is 18.2 Å². The zero-order valence-electron chi connectivity index (χ0n) is 12.7. The van der Waals surface area contributed by atoms with E-state index >= 15 is 0 Å². The maximum atomic E-state index is 3.60. The Kier molecular flexibility index (Phi) is 5.83. The molecule has 18 heavy (non-hydrogen) atoms. The molecule has 0 amide bonds. The van der Waals surface area contributed by atoms with Crippen LogP contribution in [0, 0.1) is 13.8 Å². The number of benzene rings is 1. The molecule has 0 aliphatic carbocycles. The maximum absolute atomic E-state index is 3.60. The van der Waals surface area contributed by atoms with Gasteiger partial charge in [-0.05, 0) is 52.8 Å². The van der Waals surface area contributed by atoms with Crippen molar-refractivity contribution in [2.24, 2.45) is 0 Å². The van der Waals surface area contributed by atoms with Crippen molar-refractivity contribution >= 4 is 0 Å². The third kappa shape index (κ3) is 4.43. The molecule has 0 aliphatic heterocycles. The minimum Gasteiger partial charge on any atom is -0.309 e. The maximum Gasteiger partial charge on any atom is 0.0294 e. The van der Waals surface area contributed by atoms with Crippen LogP contribution in [-0.2, 0) is 0 Å². The number of hydrogen-bond acceptors (Lipinski definition) is 2. The van der Waals surface area contributed by atoms with E-state index in [0.29, 0.717) is 12.1 Å². The van der Waals surface area contributed by atoms with Crippen molar-refractivity contribution in [3.63, 3.8) is 0 Å². The lowest BCUT2D eigenvalue weighted by molar-refractivity contribution is 0.270. The van der Waals surface area contributed by atoms with Crippen LogP contribution in [0.4, 0.5) is 0 Å². The van der Waals surface area contributed by atoms with Crippen LogP contribution >= 0.6 is 0 Å². The van der Waals surface area contributed by atoms with Crippen LogP contribution in [0.5, 0.6) is 0 Å². The molecule has 0 spiro atoms. The summed E-state index contributed by atoms with van der Waals surface area (Å²) < 4.78 is 0. The number of rotatable bonds is 6. The summed E-state index contributed by atoms with van der Waals surface area (Å²) >= 11 is 0. The van der Waals surface area contributed by atoms with Gasteiger partial charge in [-0.1, -0.05) is 23.8 Å². The molecule has 0 radical (unpaired) electrons. The second kappa shape index (κ2) is 6.91. The van der Waals surface area contributed by atoms with Gasteiger partial charge in [0, 0.05) is 25.2 Å². The molecular formula is C16H28N2. The van der Waals surface area contributed by atoms with Gasteiger partial charge in [0.05, 0.1) is 0 Å². The van der Waals surface area contributed by atoms with Crippen molar-refractivity contribution in [1.29, 1.82) is 0 Å². The molecule has 0 aromatic heterocycles. The van der Waals surface area contributed by atoms with Crippen LogP contribution in [0.2, 0.25) is 0 Å². The van der Waals surface area contributed by atoms with Crippen molar-refractivity contribution in [2.45, 2.75) is 46.7 Å². The molecular weight excluding hydrogens is 220 g/mol. The lowest BCUT2D eigenvalue weighted by Crippen LogP contribution is -2.34. The minimum absolute atomic E-state index is 0.422. The highest BCUT2D eigenvalue weighted by molar-refractivity contribution is 5.32. The van der Waals surface area contributed by atoms with Gasteiger partial charge < -0.3 is 10.2 Å². The first-order valence-corrected chi connectivity index (χ1v) is 6.92. The second-order valence-electron chi connectivity index (χ2n) is 5.61. The molecule has 1 aromatic rings. The first kappa shape index (κ1) is 15.2. The Balaban J connectivity index is 2.48. The van der Waals surface area contributed by atoms with E-state index in [0.717, 1.165) is 13.1 Å². The molecule has 0 heterocycles. The zero-order chi connectivity index (χ0) is 13.7. The van der Waals surface area contributed by atoms with Gasteiger partial charge in [-0.25, -0.2) is 0 Å². The summed E-state index contributed by atoms with van der Waals surface area (Å²) in [7, 11) is 2.17. The fourth-order valence-electron chi connectivity index (χ4n) is 2.14. The number of aryl methyl sites for hydroxylation is 2. The smallest absolute Gasteiger partial charge is 0.0294 e. The Labute approximate surface area is 112 Å². The quantitative estimate of drug-likeness (QED) is 0.831. The number of hydrogen-bond donors (Lipinski definition) is 1. The molecule has 1 aromatic carbocycles. The third-order valence-electron chi connectivity index (χ3n) is 3.69. The average molecular weight is 248 g/mol. The summed E-state index contributed by atoms with van der Waals surface area (Å²) in [6.07, 6.45) is 0. The first-order valence-electron chi connectivity index (χ1n) is 6.92. The van der Waals surface area contributed by atoms with Gasteiger partial charge in [0.1, 0.15) is 0 Å².